The Morgan fingerprint density at radius 3 is 2.88 bits per heavy atom. The second-order valence-electron chi connectivity index (χ2n) is 4.57. The van der Waals surface area contributed by atoms with Crippen LogP contribution in [0.3, 0.4) is 0 Å². The quantitative estimate of drug-likeness (QED) is 0.672. The molecule has 1 fully saturated rings. The van der Waals surface area contributed by atoms with E-state index < -0.39 is 0 Å². The molecule has 0 radical (unpaired) electrons. The molecule has 1 aliphatic rings. The van der Waals surface area contributed by atoms with E-state index in [2.05, 4.69) is 51.1 Å². The molecule has 0 aromatic heterocycles. The van der Waals surface area contributed by atoms with Crippen molar-refractivity contribution >= 4 is 21.6 Å². The fourth-order valence-corrected chi connectivity index (χ4v) is 2.67. The lowest BCUT2D eigenvalue weighted by atomic mass is 9.97. The minimum Gasteiger partial charge on any atom is -0.411 e. The predicted octanol–water partition coefficient (Wildman–Crippen LogP) is 3.12. The van der Waals surface area contributed by atoms with Gasteiger partial charge in [0.05, 0.1) is 5.71 Å². The van der Waals surface area contributed by atoms with Gasteiger partial charge in [-0.3, -0.25) is 4.90 Å². The van der Waals surface area contributed by atoms with Gasteiger partial charge >= 0.3 is 0 Å². The zero-order chi connectivity index (χ0) is 12.3. The molecular formula is C13H17BrN2O. The first-order valence-electron chi connectivity index (χ1n) is 5.87. The highest BCUT2D eigenvalue weighted by atomic mass is 79.9. The van der Waals surface area contributed by atoms with Crippen molar-refractivity contribution in [1.82, 2.24) is 4.90 Å². The maximum atomic E-state index is 8.84. The topological polar surface area (TPSA) is 35.8 Å². The van der Waals surface area contributed by atoms with Crippen LogP contribution in [0.5, 0.6) is 0 Å². The molecule has 0 saturated carbocycles. The van der Waals surface area contributed by atoms with Gasteiger partial charge < -0.3 is 5.21 Å². The highest BCUT2D eigenvalue weighted by Gasteiger charge is 2.22. The molecule has 0 spiro atoms. The molecule has 1 heterocycles. The molecular weight excluding hydrogens is 280 g/mol. The summed E-state index contributed by atoms with van der Waals surface area (Å²) in [7, 11) is 0. The molecule has 4 heteroatoms. The number of nitrogens with zero attached hydrogens (tertiary/aromatic N) is 2. The Bertz CT molecular complexity index is 420. The monoisotopic (exact) mass is 296 g/mol. The van der Waals surface area contributed by atoms with Crippen LogP contribution in [-0.2, 0) is 6.54 Å². The standard InChI is InChI=1S/C13H17BrN2O/c1-10-8-16(7-6-13(10)15-17)9-11-4-2-3-5-12(11)14/h2-5,10,17H,6-9H2,1H3/b15-13+. The summed E-state index contributed by atoms with van der Waals surface area (Å²) in [5, 5.41) is 12.2. The Morgan fingerprint density at radius 2 is 2.24 bits per heavy atom. The van der Waals surface area contributed by atoms with E-state index in [-0.39, 0.29) is 0 Å². The highest BCUT2D eigenvalue weighted by molar-refractivity contribution is 9.10. The van der Waals surface area contributed by atoms with Crippen LogP contribution >= 0.6 is 15.9 Å². The number of oxime groups is 1. The summed E-state index contributed by atoms with van der Waals surface area (Å²) in [6.45, 7) is 4.98. The molecule has 1 N–H and O–H groups in total. The van der Waals surface area contributed by atoms with Gasteiger partial charge in [-0.2, -0.15) is 0 Å². The van der Waals surface area contributed by atoms with E-state index in [4.69, 9.17) is 5.21 Å². The molecule has 0 aliphatic carbocycles. The maximum absolute atomic E-state index is 8.84. The fourth-order valence-electron chi connectivity index (χ4n) is 2.26. The van der Waals surface area contributed by atoms with Gasteiger partial charge in [-0.1, -0.05) is 46.2 Å². The highest BCUT2D eigenvalue weighted by Crippen LogP contribution is 2.21. The first-order valence-corrected chi connectivity index (χ1v) is 6.66. The second kappa shape index (κ2) is 5.65. The number of hydrogen-bond donors (Lipinski definition) is 1. The Balaban J connectivity index is 2.00. The van der Waals surface area contributed by atoms with E-state index in [1.165, 1.54) is 5.56 Å². The Hall–Kier alpha value is -0.870. The third kappa shape index (κ3) is 3.07. The smallest absolute Gasteiger partial charge is 0.0624 e. The number of hydrogen-bond acceptors (Lipinski definition) is 3. The molecule has 2 rings (SSSR count). The number of piperidine rings is 1. The van der Waals surface area contributed by atoms with Crippen LogP contribution in [0.15, 0.2) is 33.9 Å². The lowest BCUT2D eigenvalue weighted by Gasteiger charge is -2.31. The summed E-state index contributed by atoms with van der Waals surface area (Å²) < 4.78 is 1.16. The minimum atomic E-state index is 0.344. The van der Waals surface area contributed by atoms with Crippen LogP contribution < -0.4 is 0 Å². The van der Waals surface area contributed by atoms with E-state index in [0.717, 1.165) is 36.2 Å². The molecule has 1 aromatic carbocycles. The maximum Gasteiger partial charge on any atom is 0.0624 e. The van der Waals surface area contributed by atoms with Gasteiger partial charge in [0.15, 0.2) is 0 Å². The van der Waals surface area contributed by atoms with Gasteiger partial charge in [0.2, 0.25) is 0 Å². The van der Waals surface area contributed by atoms with Crippen molar-refractivity contribution in [2.24, 2.45) is 11.1 Å². The zero-order valence-corrected chi connectivity index (χ0v) is 11.5. The van der Waals surface area contributed by atoms with Crippen LogP contribution in [0.2, 0.25) is 0 Å². The molecule has 1 unspecified atom stereocenters. The van der Waals surface area contributed by atoms with Crippen molar-refractivity contribution in [2.45, 2.75) is 19.9 Å². The van der Waals surface area contributed by atoms with E-state index in [9.17, 15) is 0 Å². The van der Waals surface area contributed by atoms with Crippen molar-refractivity contribution < 1.29 is 5.21 Å². The third-order valence-electron chi connectivity index (χ3n) is 3.27. The summed E-state index contributed by atoms with van der Waals surface area (Å²) in [6.07, 6.45) is 0.863. The van der Waals surface area contributed by atoms with Gasteiger partial charge in [0.25, 0.3) is 0 Å². The lowest BCUT2D eigenvalue weighted by Crippen LogP contribution is -2.39. The lowest BCUT2D eigenvalue weighted by molar-refractivity contribution is 0.228. The number of likely N-dealkylation sites (tertiary alicyclic amines) is 1. The van der Waals surface area contributed by atoms with Crippen LogP contribution in [0.4, 0.5) is 0 Å². The van der Waals surface area contributed by atoms with Gasteiger partial charge in [-0.25, -0.2) is 0 Å². The SMILES string of the molecule is CC1CN(Cc2ccccc2Br)CC/C1=N\O. The number of halogens is 1. The number of rotatable bonds is 2. The molecule has 1 aromatic rings. The van der Waals surface area contributed by atoms with Crippen LogP contribution in [0.25, 0.3) is 0 Å². The Labute approximate surface area is 110 Å². The molecule has 1 aliphatic heterocycles. The average molecular weight is 297 g/mol. The number of benzene rings is 1. The van der Waals surface area contributed by atoms with Gasteiger partial charge in [0, 0.05) is 36.4 Å². The first-order chi connectivity index (χ1) is 8.20. The zero-order valence-electron chi connectivity index (χ0n) is 9.93. The molecule has 0 bridgehead atoms. The van der Waals surface area contributed by atoms with Gasteiger partial charge in [-0.15, -0.1) is 0 Å². The van der Waals surface area contributed by atoms with Crippen molar-refractivity contribution in [3.05, 3.63) is 34.3 Å². The van der Waals surface area contributed by atoms with E-state index in [0.29, 0.717) is 5.92 Å². The summed E-state index contributed by atoms with van der Waals surface area (Å²) in [6, 6.07) is 8.31. The summed E-state index contributed by atoms with van der Waals surface area (Å²) in [5.41, 5.74) is 2.23. The van der Waals surface area contributed by atoms with E-state index in [1.807, 2.05) is 6.07 Å². The van der Waals surface area contributed by atoms with Crippen molar-refractivity contribution in [3.8, 4) is 0 Å². The summed E-state index contributed by atoms with van der Waals surface area (Å²) in [5.74, 6) is 0.344. The van der Waals surface area contributed by atoms with Crippen molar-refractivity contribution in [3.63, 3.8) is 0 Å². The van der Waals surface area contributed by atoms with Crippen molar-refractivity contribution in [2.75, 3.05) is 13.1 Å². The normalized spacial score (nSPS) is 24.1. The van der Waals surface area contributed by atoms with Crippen LogP contribution in [-0.4, -0.2) is 28.9 Å². The van der Waals surface area contributed by atoms with Gasteiger partial charge in [0.1, 0.15) is 0 Å². The first kappa shape index (κ1) is 12.6. The van der Waals surface area contributed by atoms with Crippen LogP contribution in [0.1, 0.15) is 18.9 Å². The molecule has 17 heavy (non-hydrogen) atoms. The molecule has 1 saturated heterocycles. The molecule has 92 valence electrons. The summed E-state index contributed by atoms with van der Waals surface area (Å²) >= 11 is 3.57. The fraction of sp³-hybridized carbons (Fsp3) is 0.462. The van der Waals surface area contributed by atoms with Crippen LogP contribution in [0, 0.1) is 5.92 Å². The van der Waals surface area contributed by atoms with E-state index in [1.54, 1.807) is 0 Å². The molecule has 1 atom stereocenters. The average Bonchev–Trinajstić information content (AvgIpc) is 2.32. The van der Waals surface area contributed by atoms with Gasteiger partial charge in [-0.05, 0) is 11.6 Å². The second-order valence-corrected chi connectivity index (χ2v) is 5.42. The third-order valence-corrected chi connectivity index (χ3v) is 4.04. The van der Waals surface area contributed by atoms with E-state index >= 15 is 0 Å². The molecule has 3 nitrogen and oxygen atoms in total. The Morgan fingerprint density at radius 1 is 1.47 bits per heavy atom. The largest absolute Gasteiger partial charge is 0.411 e. The Kier molecular flexibility index (Phi) is 4.18. The van der Waals surface area contributed by atoms with Crippen molar-refractivity contribution in [1.29, 1.82) is 0 Å². The summed E-state index contributed by atoms with van der Waals surface area (Å²) in [4.78, 5) is 2.40. The molecule has 0 amide bonds. The minimum absolute atomic E-state index is 0.344. The predicted molar refractivity (Wildman–Crippen MR) is 72.4 cm³/mol.